The molecule has 7 nitrogen and oxygen atoms in total. The number of esters is 1. The van der Waals surface area contributed by atoms with Gasteiger partial charge in [0.15, 0.2) is 11.5 Å². The summed E-state index contributed by atoms with van der Waals surface area (Å²) in [5.41, 5.74) is 5.34. The van der Waals surface area contributed by atoms with E-state index >= 15 is 0 Å². The van der Waals surface area contributed by atoms with E-state index in [-0.39, 0.29) is 23.8 Å². The van der Waals surface area contributed by atoms with Crippen LogP contribution in [0.5, 0.6) is 11.5 Å². The molecule has 3 aromatic rings. The smallest absolute Gasteiger partial charge is 0.345 e. The molecule has 0 saturated heterocycles. The minimum atomic E-state index is -0.587. The molecule has 0 aliphatic carbocycles. The van der Waals surface area contributed by atoms with Crippen LogP contribution in [0.2, 0.25) is 5.02 Å². The third kappa shape index (κ3) is 7.08. The summed E-state index contributed by atoms with van der Waals surface area (Å²) in [6, 6.07) is 19.3. The van der Waals surface area contributed by atoms with Crippen LogP contribution in [0.15, 0.2) is 71.8 Å². The average Bonchev–Trinajstić information content (AvgIpc) is 2.80. The molecule has 0 spiro atoms. The molecule has 0 fully saturated rings. The van der Waals surface area contributed by atoms with Crippen LogP contribution in [0.4, 0.5) is 5.69 Å². The van der Waals surface area contributed by atoms with Crippen molar-refractivity contribution in [3.63, 3.8) is 0 Å². The second-order valence-corrected chi connectivity index (χ2v) is 7.43. The largest absolute Gasteiger partial charge is 0.490 e. The lowest BCUT2D eigenvalue weighted by Gasteiger charge is -2.12. The fourth-order valence-electron chi connectivity index (χ4n) is 2.89. The number of aryl methyl sites for hydroxylation is 1. The van der Waals surface area contributed by atoms with Gasteiger partial charge in [0.25, 0.3) is 5.91 Å². The number of hydrogen-bond donors (Lipinski definition) is 2. The molecule has 3 aromatic carbocycles. The van der Waals surface area contributed by atoms with Gasteiger partial charge in [-0.25, -0.2) is 10.2 Å². The summed E-state index contributed by atoms with van der Waals surface area (Å²) in [5, 5.41) is 7.32. The predicted molar refractivity (Wildman–Crippen MR) is 129 cm³/mol. The summed E-state index contributed by atoms with van der Waals surface area (Å²) in [4.78, 5) is 24.5. The van der Waals surface area contributed by atoms with Crippen LogP contribution in [0.1, 0.15) is 28.4 Å². The lowest BCUT2D eigenvalue weighted by atomic mass is 10.2. The van der Waals surface area contributed by atoms with Crippen LogP contribution in [-0.4, -0.2) is 31.2 Å². The number of hydrogen-bond acceptors (Lipinski definition) is 6. The third-order valence-corrected chi connectivity index (χ3v) is 4.77. The van der Waals surface area contributed by atoms with Gasteiger partial charge in [0.05, 0.1) is 30.0 Å². The highest BCUT2D eigenvalue weighted by molar-refractivity contribution is 6.33. The molecule has 0 saturated carbocycles. The zero-order chi connectivity index (χ0) is 23.6. The minimum absolute atomic E-state index is 0.0852. The summed E-state index contributed by atoms with van der Waals surface area (Å²) in [6.45, 7) is 4.26. The van der Waals surface area contributed by atoms with E-state index in [1.807, 2.05) is 38.1 Å². The van der Waals surface area contributed by atoms with Crippen molar-refractivity contribution in [1.82, 2.24) is 5.43 Å². The molecule has 0 aromatic heterocycles. The summed E-state index contributed by atoms with van der Waals surface area (Å²) < 4.78 is 11.1. The maximum atomic E-state index is 12.5. The van der Waals surface area contributed by atoms with Gasteiger partial charge in [-0.3, -0.25) is 4.79 Å². The van der Waals surface area contributed by atoms with Gasteiger partial charge in [-0.2, -0.15) is 5.10 Å². The van der Waals surface area contributed by atoms with E-state index < -0.39 is 5.97 Å². The Morgan fingerprint density at radius 1 is 1.03 bits per heavy atom. The van der Waals surface area contributed by atoms with Gasteiger partial charge in [0.1, 0.15) is 0 Å². The highest BCUT2D eigenvalue weighted by Crippen LogP contribution is 2.29. The molecule has 0 atom stereocenters. The molecule has 33 heavy (non-hydrogen) atoms. The number of anilines is 1. The normalized spacial score (nSPS) is 10.6. The van der Waals surface area contributed by atoms with E-state index in [9.17, 15) is 9.59 Å². The third-order valence-electron chi connectivity index (χ3n) is 4.44. The fourth-order valence-corrected chi connectivity index (χ4v) is 3.11. The lowest BCUT2D eigenvalue weighted by molar-refractivity contribution is -0.119. The van der Waals surface area contributed by atoms with Gasteiger partial charge in [-0.15, -0.1) is 0 Å². The quantitative estimate of drug-likeness (QED) is 0.204. The van der Waals surface area contributed by atoms with Crippen LogP contribution in [-0.2, 0) is 4.79 Å². The fraction of sp³-hybridized carbons (Fsp3) is 0.160. The van der Waals surface area contributed by atoms with E-state index in [0.717, 1.165) is 11.3 Å². The number of nitrogens with one attached hydrogen (secondary N) is 2. The number of amides is 1. The molecule has 0 heterocycles. The summed E-state index contributed by atoms with van der Waals surface area (Å²) in [5.74, 6) is -0.251. The molecule has 1 amide bonds. The minimum Gasteiger partial charge on any atom is -0.490 e. The van der Waals surface area contributed by atoms with Crippen molar-refractivity contribution in [3.05, 3.63) is 88.4 Å². The Hall–Kier alpha value is -3.84. The number of carbonyl (C=O) groups excluding carboxylic acids is 2. The van der Waals surface area contributed by atoms with Crippen LogP contribution >= 0.6 is 11.6 Å². The standard InChI is InChI=1S/C25H24ClN3O4/c1-3-32-23-14-18(11-12-22(23)33-25(31)20-9-4-5-10-21(20)26)15-28-29-24(30)16-27-19-8-6-7-17(2)13-19/h4-15,27H,3,16H2,1-2H3,(H,29,30)/b28-15-. The first-order valence-electron chi connectivity index (χ1n) is 10.3. The van der Waals surface area contributed by atoms with Gasteiger partial charge >= 0.3 is 5.97 Å². The molecule has 0 aliphatic rings. The highest BCUT2D eigenvalue weighted by atomic mass is 35.5. The van der Waals surface area contributed by atoms with Gasteiger partial charge in [-0.05, 0) is 67.4 Å². The summed E-state index contributed by atoms with van der Waals surface area (Å²) in [7, 11) is 0. The maximum absolute atomic E-state index is 12.5. The first-order chi connectivity index (χ1) is 16.0. The SMILES string of the molecule is CCOc1cc(/C=N\NC(=O)CNc2cccc(C)c2)ccc1OC(=O)c1ccccc1Cl. The van der Waals surface area contributed by atoms with Crippen molar-refractivity contribution in [3.8, 4) is 11.5 Å². The molecule has 0 aliphatic heterocycles. The van der Waals surface area contributed by atoms with E-state index in [0.29, 0.717) is 22.9 Å². The van der Waals surface area contributed by atoms with Crippen molar-refractivity contribution < 1.29 is 19.1 Å². The number of ether oxygens (including phenoxy) is 2. The Morgan fingerprint density at radius 2 is 1.85 bits per heavy atom. The van der Waals surface area contributed by atoms with Crippen LogP contribution in [0, 0.1) is 6.92 Å². The Morgan fingerprint density at radius 3 is 2.61 bits per heavy atom. The molecule has 0 radical (unpaired) electrons. The number of hydrazone groups is 1. The van der Waals surface area contributed by atoms with Gasteiger partial charge < -0.3 is 14.8 Å². The molecular weight excluding hydrogens is 442 g/mol. The van der Waals surface area contributed by atoms with Crippen molar-refractivity contribution in [2.45, 2.75) is 13.8 Å². The number of carbonyl (C=O) groups is 2. The topological polar surface area (TPSA) is 89.0 Å². The first kappa shape index (κ1) is 23.8. The van der Waals surface area contributed by atoms with Crippen molar-refractivity contribution >= 4 is 35.4 Å². The number of nitrogens with zero attached hydrogens (tertiary/aromatic N) is 1. The number of benzene rings is 3. The van der Waals surface area contributed by atoms with E-state index in [2.05, 4.69) is 15.8 Å². The molecular formula is C25H24ClN3O4. The Kier molecular flexibility index (Phi) is 8.43. The van der Waals surface area contributed by atoms with Crippen LogP contribution in [0.3, 0.4) is 0 Å². The van der Waals surface area contributed by atoms with Gasteiger partial charge in [0.2, 0.25) is 0 Å². The van der Waals surface area contributed by atoms with E-state index in [1.54, 1.807) is 42.5 Å². The van der Waals surface area contributed by atoms with Gasteiger partial charge in [-0.1, -0.05) is 35.9 Å². The second kappa shape index (κ2) is 11.7. The average molecular weight is 466 g/mol. The first-order valence-corrected chi connectivity index (χ1v) is 10.7. The molecule has 0 unspecified atom stereocenters. The van der Waals surface area contributed by atoms with Crippen molar-refractivity contribution in [2.24, 2.45) is 5.10 Å². The lowest BCUT2D eigenvalue weighted by Crippen LogP contribution is -2.25. The van der Waals surface area contributed by atoms with Gasteiger partial charge in [0, 0.05) is 5.69 Å². The number of rotatable bonds is 9. The Bertz CT molecular complexity index is 1160. The second-order valence-electron chi connectivity index (χ2n) is 7.02. The molecule has 170 valence electrons. The zero-order valence-electron chi connectivity index (χ0n) is 18.3. The zero-order valence-corrected chi connectivity index (χ0v) is 19.1. The van der Waals surface area contributed by atoms with Crippen LogP contribution in [0.25, 0.3) is 0 Å². The highest BCUT2D eigenvalue weighted by Gasteiger charge is 2.15. The molecule has 2 N–H and O–H groups in total. The molecule has 8 heteroatoms. The summed E-state index contributed by atoms with van der Waals surface area (Å²) >= 11 is 6.07. The number of halogens is 1. The molecule has 0 bridgehead atoms. The predicted octanol–water partition coefficient (Wildman–Crippen LogP) is 4.83. The summed E-state index contributed by atoms with van der Waals surface area (Å²) in [6.07, 6.45) is 1.48. The van der Waals surface area contributed by atoms with E-state index in [4.69, 9.17) is 21.1 Å². The Balaban J connectivity index is 1.61. The monoisotopic (exact) mass is 465 g/mol. The van der Waals surface area contributed by atoms with Crippen LogP contribution < -0.4 is 20.2 Å². The van der Waals surface area contributed by atoms with Crippen molar-refractivity contribution in [1.29, 1.82) is 0 Å². The van der Waals surface area contributed by atoms with E-state index in [1.165, 1.54) is 6.21 Å². The van der Waals surface area contributed by atoms with Crippen molar-refractivity contribution in [2.75, 3.05) is 18.5 Å². The molecule has 3 rings (SSSR count). The maximum Gasteiger partial charge on any atom is 0.345 e. The Labute approximate surface area is 197 Å².